The monoisotopic (exact) mass is 406 g/mol. The van der Waals surface area contributed by atoms with E-state index in [4.69, 9.17) is 0 Å². The fraction of sp³-hybridized carbons (Fsp3) is 0.682. The van der Waals surface area contributed by atoms with Gasteiger partial charge >= 0.3 is 5.69 Å². The molecule has 4 N–H and O–H groups in total. The zero-order valence-corrected chi connectivity index (χ0v) is 18.0. The first-order valence-corrected chi connectivity index (χ1v) is 10.3. The van der Waals surface area contributed by atoms with Gasteiger partial charge in [0.25, 0.3) is 0 Å². The molecule has 7 heteroatoms. The van der Waals surface area contributed by atoms with Crippen LogP contribution in [0.4, 0.5) is 0 Å². The van der Waals surface area contributed by atoms with Crippen LogP contribution in [0.3, 0.4) is 0 Å². The number of para-hydroxylation sites is 1. The Balaban J connectivity index is 1.88. The Kier molecular flexibility index (Phi) is 5.49. The van der Waals surface area contributed by atoms with Gasteiger partial charge in [-0.25, -0.2) is 4.79 Å². The van der Waals surface area contributed by atoms with Crippen LogP contribution in [-0.2, 0) is 18.5 Å². The molecule has 0 saturated heterocycles. The molecule has 0 saturated carbocycles. The lowest BCUT2D eigenvalue weighted by Crippen LogP contribution is -2.45. The second kappa shape index (κ2) is 7.23. The summed E-state index contributed by atoms with van der Waals surface area (Å²) < 4.78 is 3.29. The molecule has 0 aliphatic carbocycles. The highest BCUT2D eigenvalue weighted by Gasteiger charge is 2.36. The van der Waals surface area contributed by atoms with Crippen molar-refractivity contribution in [2.75, 3.05) is 0 Å². The molecular formula is C22H34N2O5. The molecule has 1 aliphatic rings. The molecule has 7 nitrogen and oxygen atoms in total. The molecule has 3 atom stereocenters. The predicted octanol–water partition coefficient (Wildman–Crippen LogP) is 1.51. The number of rotatable bonds is 7. The van der Waals surface area contributed by atoms with Crippen LogP contribution >= 0.6 is 0 Å². The molecule has 1 aromatic carbocycles. The topological polar surface area (TPSA) is 108 Å². The molecule has 0 radical (unpaired) electrons. The third-order valence-corrected chi connectivity index (χ3v) is 6.54. The van der Waals surface area contributed by atoms with Crippen molar-refractivity contribution in [1.82, 2.24) is 9.13 Å². The largest absolute Gasteiger partial charge is 0.390 e. The van der Waals surface area contributed by atoms with Crippen LogP contribution in [0.5, 0.6) is 0 Å². The average Bonchev–Trinajstić information content (AvgIpc) is 2.88. The van der Waals surface area contributed by atoms with E-state index in [1.54, 1.807) is 4.57 Å². The van der Waals surface area contributed by atoms with Crippen LogP contribution in [0, 0.1) is 0 Å². The number of hydrogen-bond acceptors (Lipinski definition) is 5. The normalized spacial score (nSPS) is 20.4. The lowest BCUT2D eigenvalue weighted by atomic mass is 9.79. The van der Waals surface area contributed by atoms with Gasteiger partial charge in [0.05, 0.1) is 34.9 Å². The van der Waals surface area contributed by atoms with Crippen molar-refractivity contribution in [2.24, 2.45) is 0 Å². The van der Waals surface area contributed by atoms with Gasteiger partial charge in [-0.3, -0.25) is 9.13 Å². The van der Waals surface area contributed by atoms with Crippen LogP contribution < -0.4 is 5.69 Å². The number of benzene rings is 1. The van der Waals surface area contributed by atoms with Gasteiger partial charge < -0.3 is 20.4 Å². The predicted molar refractivity (Wildman–Crippen MR) is 112 cm³/mol. The molecule has 2 heterocycles. The Hall–Kier alpha value is -1.67. The Morgan fingerprint density at radius 1 is 1.14 bits per heavy atom. The zero-order valence-electron chi connectivity index (χ0n) is 18.0. The molecule has 3 rings (SSSR count). The molecule has 0 amide bonds. The van der Waals surface area contributed by atoms with Gasteiger partial charge in [-0.05, 0) is 57.1 Å². The summed E-state index contributed by atoms with van der Waals surface area (Å²) in [5.41, 5.74) is -0.248. The second-order valence-electron chi connectivity index (χ2n) is 9.93. The van der Waals surface area contributed by atoms with E-state index < -0.39 is 23.4 Å². The Morgan fingerprint density at radius 2 is 1.79 bits per heavy atom. The second-order valence-corrected chi connectivity index (χ2v) is 9.93. The fourth-order valence-corrected chi connectivity index (χ4v) is 4.15. The number of aryl methyl sites for hydroxylation is 1. The first-order valence-electron chi connectivity index (χ1n) is 10.3. The third-order valence-electron chi connectivity index (χ3n) is 6.54. The number of hydrogen-bond donors (Lipinski definition) is 4. The summed E-state index contributed by atoms with van der Waals surface area (Å²) in [5.74, 6) is 0. The molecule has 0 fully saturated rings. The lowest BCUT2D eigenvalue weighted by Gasteiger charge is -2.32. The molecule has 0 bridgehead atoms. The van der Waals surface area contributed by atoms with Gasteiger partial charge in [-0.15, -0.1) is 0 Å². The summed E-state index contributed by atoms with van der Waals surface area (Å²) >= 11 is 0. The summed E-state index contributed by atoms with van der Waals surface area (Å²) in [6.07, 6.45) is -1.15. The van der Waals surface area contributed by atoms with E-state index >= 15 is 0 Å². The van der Waals surface area contributed by atoms with Crippen LogP contribution in [0.25, 0.3) is 11.0 Å². The fourth-order valence-electron chi connectivity index (χ4n) is 4.15. The van der Waals surface area contributed by atoms with E-state index in [1.165, 1.54) is 25.3 Å². The van der Waals surface area contributed by atoms with E-state index in [0.29, 0.717) is 6.54 Å². The van der Waals surface area contributed by atoms with Crippen molar-refractivity contribution < 1.29 is 20.4 Å². The van der Waals surface area contributed by atoms with E-state index in [1.807, 2.05) is 18.2 Å². The number of imidazole rings is 1. The first kappa shape index (κ1) is 22.0. The van der Waals surface area contributed by atoms with E-state index in [0.717, 1.165) is 23.0 Å². The highest BCUT2D eigenvalue weighted by Crippen LogP contribution is 2.37. The molecule has 1 aromatic heterocycles. The number of aliphatic hydroxyl groups is 4. The van der Waals surface area contributed by atoms with Crippen molar-refractivity contribution in [1.29, 1.82) is 0 Å². The van der Waals surface area contributed by atoms with Gasteiger partial charge in [0.1, 0.15) is 6.10 Å². The quantitative estimate of drug-likeness (QED) is 0.557. The molecule has 162 valence electrons. The highest BCUT2D eigenvalue weighted by molar-refractivity contribution is 5.81. The standard InChI is InChI=1S/C22H34N2O5/c1-20(2)11-12-23-18-14(20)7-6-8-15(18)24(19(23)27)13-17(26)22(5,29)10-9-16(25)21(3,4)28/h6-8,16-17,25-26,28-29H,9-13H2,1-5H3. The van der Waals surface area contributed by atoms with Crippen LogP contribution in [-0.4, -0.2) is 53.0 Å². The maximum absolute atomic E-state index is 13.0. The van der Waals surface area contributed by atoms with Crippen molar-refractivity contribution in [3.8, 4) is 0 Å². The summed E-state index contributed by atoms with van der Waals surface area (Å²) in [6, 6.07) is 5.85. The highest BCUT2D eigenvalue weighted by atomic mass is 16.3. The lowest BCUT2D eigenvalue weighted by molar-refractivity contribution is -0.0968. The smallest absolute Gasteiger partial charge is 0.329 e. The maximum atomic E-state index is 13.0. The maximum Gasteiger partial charge on any atom is 0.329 e. The molecule has 0 spiro atoms. The molecule has 2 aromatic rings. The number of aliphatic hydroxyl groups excluding tert-OH is 2. The minimum atomic E-state index is -1.52. The Labute approximate surface area is 171 Å². The van der Waals surface area contributed by atoms with Crippen LogP contribution in [0.15, 0.2) is 23.0 Å². The summed E-state index contributed by atoms with van der Waals surface area (Å²) in [7, 11) is 0. The van der Waals surface area contributed by atoms with E-state index in [-0.39, 0.29) is 30.5 Å². The first-order chi connectivity index (χ1) is 13.3. The Bertz CT molecular complexity index is 948. The van der Waals surface area contributed by atoms with Gasteiger partial charge in [0.15, 0.2) is 0 Å². The molecule has 29 heavy (non-hydrogen) atoms. The zero-order chi connectivity index (χ0) is 21.8. The van der Waals surface area contributed by atoms with Crippen LogP contribution in [0.2, 0.25) is 0 Å². The van der Waals surface area contributed by atoms with E-state index in [2.05, 4.69) is 13.8 Å². The minimum absolute atomic E-state index is 0.0323. The van der Waals surface area contributed by atoms with Crippen molar-refractivity contribution >= 4 is 11.0 Å². The van der Waals surface area contributed by atoms with E-state index in [9.17, 15) is 25.2 Å². The number of aromatic nitrogens is 2. The Morgan fingerprint density at radius 3 is 2.41 bits per heavy atom. The van der Waals surface area contributed by atoms with Crippen LogP contribution in [0.1, 0.15) is 59.4 Å². The number of nitrogens with zero attached hydrogens (tertiary/aromatic N) is 2. The van der Waals surface area contributed by atoms with Crippen molar-refractivity contribution in [2.45, 2.75) is 95.8 Å². The minimum Gasteiger partial charge on any atom is -0.390 e. The van der Waals surface area contributed by atoms with Gasteiger partial charge in [-0.1, -0.05) is 26.0 Å². The summed E-state index contributed by atoms with van der Waals surface area (Å²) in [5, 5.41) is 41.4. The average molecular weight is 407 g/mol. The summed E-state index contributed by atoms with van der Waals surface area (Å²) in [4.78, 5) is 13.0. The molecule has 1 aliphatic heterocycles. The molecule has 3 unspecified atom stereocenters. The SMILES string of the molecule is CC1(C)CCn2c(=O)n(CC(O)C(C)(O)CCC(O)C(C)(C)O)c3cccc1c32. The van der Waals surface area contributed by atoms with Crippen molar-refractivity contribution in [3.63, 3.8) is 0 Å². The third kappa shape index (κ3) is 4.01. The summed E-state index contributed by atoms with van der Waals surface area (Å²) in [6.45, 7) is 9.40. The van der Waals surface area contributed by atoms with Gasteiger partial charge in [0.2, 0.25) is 0 Å². The van der Waals surface area contributed by atoms with Gasteiger partial charge in [0, 0.05) is 6.54 Å². The molecular weight excluding hydrogens is 372 g/mol. The van der Waals surface area contributed by atoms with Crippen molar-refractivity contribution in [3.05, 3.63) is 34.2 Å². The van der Waals surface area contributed by atoms with Gasteiger partial charge in [-0.2, -0.15) is 0 Å².